The average Bonchev–Trinajstić information content (AvgIpc) is 3.33. The number of allylic oxidation sites excluding steroid dienone is 10. The van der Waals surface area contributed by atoms with Gasteiger partial charge in [0, 0.05) is 19.3 Å². The van der Waals surface area contributed by atoms with Gasteiger partial charge in [0.1, 0.15) is 13.2 Å². The smallest absolute Gasteiger partial charge is 0.306 e. The van der Waals surface area contributed by atoms with Crippen LogP contribution in [0.3, 0.4) is 0 Å². The van der Waals surface area contributed by atoms with Crippen LogP contribution in [0.5, 0.6) is 0 Å². The first kappa shape index (κ1) is 64.1. The van der Waals surface area contributed by atoms with Crippen LogP contribution in [-0.4, -0.2) is 37.2 Å². The lowest BCUT2D eigenvalue weighted by molar-refractivity contribution is -0.167. The van der Waals surface area contributed by atoms with Gasteiger partial charge in [-0.3, -0.25) is 14.4 Å². The standard InChI is InChI=1S/C61H108O6/c1-4-7-10-13-16-19-22-25-28-29-30-31-34-36-39-42-45-48-51-54-60(63)66-57-58(67-61(64)55-52-49-46-43-40-37-33-27-24-21-18-15-12-9-6-3)56-65-59(62)53-50-47-44-41-38-35-32-26-23-20-17-14-11-8-5-2/h9,12,18,21,27,29-30,33,40,43,58H,4-8,10-11,13-17,19-20,22-26,28,31-32,34-39,41-42,44-57H2,1-3H3/b12-9-,21-18-,30-29-,33-27-,43-40-/t58-/m1/s1. The summed E-state index contributed by atoms with van der Waals surface area (Å²) in [6.07, 6.45) is 69.3. The minimum Gasteiger partial charge on any atom is -0.462 e. The zero-order valence-corrected chi connectivity index (χ0v) is 44.4. The van der Waals surface area contributed by atoms with E-state index < -0.39 is 6.10 Å². The van der Waals surface area contributed by atoms with Gasteiger partial charge in [-0.15, -0.1) is 0 Å². The number of hydrogen-bond acceptors (Lipinski definition) is 6. The van der Waals surface area contributed by atoms with Gasteiger partial charge in [0.05, 0.1) is 0 Å². The van der Waals surface area contributed by atoms with Gasteiger partial charge < -0.3 is 14.2 Å². The monoisotopic (exact) mass is 937 g/mol. The van der Waals surface area contributed by atoms with Crippen LogP contribution in [0.25, 0.3) is 0 Å². The Bertz CT molecular complexity index is 1210. The molecule has 67 heavy (non-hydrogen) atoms. The zero-order valence-electron chi connectivity index (χ0n) is 44.4. The number of ether oxygens (including phenoxy) is 3. The minimum absolute atomic E-state index is 0.0897. The van der Waals surface area contributed by atoms with Crippen molar-refractivity contribution in [1.29, 1.82) is 0 Å². The highest BCUT2D eigenvalue weighted by Gasteiger charge is 2.19. The summed E-state index contributed by atoms with van der Waals surface area (Å²) in [5.74, 6) is -0.924. The van der Waals surface area contributed by atoms with Crippen LogP contribution in [0.2, 0.25) is 0 Å². The van der Waals surface area contributed by atoms with Crippen molar-refractivity contribution in [3.63, 3.8) is 0 Å². The molecule has 0 rings (SSSR count). The van der Waals surface area contributed by atoms with Crippen molar-refractivity contribution in [3.8, 4) is 0 Å². The molecule has 0 aliphatic heterocycles. The zero-order chi connectivity index (χ0) is 48.6. The van der Waals surface area contributed by atoms with E-state index in [2.05, 4.69) is 81.5 Å². The van der Waals surface area contributed by atoms with E-state index in [1.54, 1.807) is 0 Å². The van der Waals surface area contributed by atoms with Gasteiger partial charge in [0.2, 0.25) is 0 Å². The Morgan fingerprint density at radius 3 is 0.955 bits per heavy atom. The molecular weight excluding hydrogens is 829 g/mol. The highest BCUT2D eigenvalue weighted by molar-refractivity contribution is 5.71. The Hall–Kier alpha value is -2.89. The third-order valence-electron chi connectivity index (χ3n) is 12.5. The van der Waals surface area contributed by atoms with Gasteiger partial charge in [0.25, 0.3) is 0 Å². The van der Waals surface area contributed by atoms with Gasteiger partial charge >= 0.3 is 17.9 Å². The van der Waals surface area contributed by atoms with Crippen LogP contribution in [0.15, 0.2) is 60.8 Å². The molecule has 0 radical (unpaired) electrons. The summed E-state index contributed by atoms with van der Waals surface area (Å²) < 4.78 is 16.8. The largest absolute Gasteiger partial charge is 0.462 e. The van der Waals surface area contributed by atoms with Crippen molar-refractivity contribution in [3.05, 3.63) is 60.8 Å². The third-order valence-corrected chi connectivity index (χ3v) is 12.5. The Morgan fingerprint density at radius 2 is 0.582 bits per heavy atom. The fraction of sp³-hybridized carbons (Fsp3) is 0.787. The number of hydrogen-bond donors (Lipinski definition) is 0. The number of carbonyl (C=O) groups excluding carboxylic acids is 3. The van der Waals surface area contributed by atoms with E-state index in [0.29, 0.717) is 19.3 Å². The van der Waals surface area contributed by atoms with Crippen LogP contribution >= 0.6 is 0 Å². The van der Waals surface area contributed by atoms with Crippen molar-refractivity contribution in [2.75, 3.05) is 13.2 Å². The second kappa shape index (κ2) is 55.7. The fourth-order valence-corrected chi connectivity index (χ4v) is 8.19. The molecule has 0 fully saturated rings. The van der Waals surface area contributed by atoms with Crippen LogP contribution in [0.1, 0.15) is 290 Å². The lowest BCUT2D eigenvalue weighted by atomic mass is 10.0. The summed E-state index contributed by atoms with van der Waals surface area (Å²) in [6.45, 7) is 6.52. The highest BCUT2D eigenvalue weighted by Crippen LogP contribution is 2.16. The van der Waals surface area contributed by atoms with E-state index >= 15 is 0 Å². The predicted molar refractivity (Wildman–Crippen MR) is 288 cm³/mol. The van der Waals surface area contributed by atoms with Crippen LogP contribution in [0, 0.1) is 0 Å². The third kappa shape index (κ3) is 53.9. The summed E-state index contributed by atoms with van der Waals surface area (Å²) in [7, 11) is 0. The fourth-order valence-electron chi connectivity index (χ4n) is 8.19. The minimum atomic E-state index is -0.796. The molecule has 0 N–H and O–H groups in total. The Labute approximate surface area is 415 Å². The molecule has 0 aromatic rings. The molecule has 0 saturated heterocycles. The molecule has 388 valence electrons. The van der Waals surface area contributed by atoms with Crippen LogP contribution in [-0.2, 0) is 28.6 Å². The topological polar surface area (TPSA) is 78.9 Å². The van der Waals surface area contributed by atoms with Gasteiger partial charge in [-0.05, 0) is 83.5 Å². The second-order valence-electron chi connectivity index (χ2n) is 19.2. The SMILES string of the molecule is CC/C=C\C/C=C\C/C=C\C/C=C\CCCCC(=O)O[C@@H](COC(=O)CCCCCCCCC/C=C\CCCCCCCCCC)COC(=O)CCCCCCCCCCCCCCCCC. The Balaban J connectivity index is 4.40. The molecule has 0 aromatic heterocycles. The summed E-state index contributed by atoms with van der Waals surface area (Å²) in [5, 5.41) is 0. The molecule has 0 heterocycles. The molecule has 6 heteroatoms. The van der Waals surface area contributed by atoms with E-state index in [1.165, 1.54) is 167 Å². The molecule has 0 bridgehead atoms. The molecule has 0 aromatic carbocycles. The van der Waals surface area contributed by atoms with E-state index in [-0.39, 0.29) is 37.5 Å². The first-order valence-corrected chi connectivity index (χ1v) is 28.8. The van der Waals surface area contributed by atoms with Gasteiger partial charge in [-0.2, -0.15) is 0 Å². The lowest BCUT2D eigenvalue weighted by Gasteiger charge is -2.18. The van der Waals surface area contributed by atoms with Crippen molar-refractivity contribution in [2.24, 2.45) is 0 Å². The van der Waals surface area contributed by atoms with Gasteiger partial charge in [0.15, 0.2) is 6.10 Å². The Morgan fingerprint density at radius 1 is 0.313 bits per heavy atom. The number of carbonyl (C=O) groups is 3. The molecular formula is C61H108O6. The maximum atomic E-state index is 12.8. The quantitative estimate of drug-likeness (QED) is 0.0262. The normalized spacial score (nSPS) is 12.5. The summed E-state index contributed by atoms with van der Waals surface area (Å²) in [4.78, 5) is 38.1. The molecule has 6 nitrogen and oxygen atoms in total. The second-order valence-corrected chi connectivity index (χ2v) is 19.2. The lowest BCUT2D eigenvalue weighted by Crippen LogP contribution is -2.30. The molecule has 0 spiro atoms. The van der Waals surface area contributed by atoms with Crippen molar-refractivity contribution in [2.45, 2.75) is 297 Å². The van der Waals surface area contributed by atoms with E-state index in [1.807, 2.05) is 0 Å². The maximum absolute atomic E-state index is 12.8. The number of unbranched alkanes of at least 4 members (excludes halogenated alkanes) is 31. The van der Waals surface area contributed by atoms with Crippen LogP contribution in [0.4, 0.5) is 0 Å². The molecule has 0 aliphatic rings. The first-order chi connectivity index (χ1) is 33.0. The number of rotatable bonds is 52. The molecule has 0 aliphatic carbocycles. The van der Waals surface area contributed by atoms with E-state index in [4.69, 9.17) is 14.2 Å². The summed E-state index contributed by atoms with van der Waals surface area (Å²) >= 11 is 0. The van der Waals surface area contributed by atoms with Crippen molar-refractivity contribution >= 4 is 17.9 Å². The van der Waals surface area contributed by atoms with E-state index in [9.17, 15) is 14.4 Å². The molecule has 1 atom stereocenters. The summed E-state index contributed by atoms with van der Waals surface area (Å²) in [6, 6.07) is 0. The van der Waals surface area contributed by atoms with E-state index in [0.717, 1.165) is 77.0 Å². The van der Waals surface area contributed by atoms with Crippen LogP contribution < -0.4 is 0 Å². The highest BCUT2D eigenvalue weighted by atomic mass is 16.6. The summed E-state index contributed by atoms with van der Waals surface area (Å²) in [5.41, 5.74) is 0. The predicted octanol–water partition coefficient (Wildman–Crippen LogP) is 19.2. The molecule has 0 unspecified atom stereocenters. The van der Waals surface area contributed by atoms with Gasteiger partial charge in [-0.25, -0.2) is 0 Å². The maximum Gasteiger partial charge on any atom is 0.306 e. The van der Waals surface area contributed by atoms with Crippen molar-refractivity contribution < 1.29 is 28.6 Å². The molecule has 0 saturated carbocycles. The average molecular weight is 938 g/mol. The number of esters is 3. The molecule has 0 amide bonds. The first-order valence-electron chi connectivity index (χ1n) is 28.8. The van der Waals surface area contributed by atoms with Gasteiger partial charge in [-0.1, -0.05) is 248 Å². The van der Waals surface area contributed by atoms with Crippen molar-refractivity contribution in [1.82, 2.24) is 0 Å². The Kier molecular flexibility index (Phi) is 53.3.